The fraction of sp³-hybridized carbons (Fsp3) is 0.423. The number of aromatic nitrogens is 4. The summed E-state index contributed by atoms with van der Waals surface area (Å²) < 4.78 is 22.2. The third-order valence-electron chi connectivity index (χ3n) is 6.02. The van der Waals surface area contributed by atoms with Gasteiger partial charge in [-0.15, -0.1) is 0 Å². The van der Waals surface area contributed by atoms with Gasteiger partial charge in [0.05, 0.1) is 5.52 Å². The van der Waals surface area contributed by atoms with Crippen LogP contribution in [0.3, 0.4) is 0 Å². The lowest BCUT2D eigenvalue weighted by atomic mass is 10.1. The molecular formula is C26H29IN4O4. The maximum atomic E-state index is 12.6. The zero-order valence-electron chi connectivity index (χ0n) is 20.3. The van der Waals surface area contributed by atoms with Crippen molar-refractivity contribution in [3.8, 4) is 5.75 Å². The van der Waals surface area contributed by atoms with Crippen LogP contribution >= 0.6 is 22.6 Å². The van der Waals surface area contributed by atoms with E-state index in [1.807, 2.05) is 62.7 Å². The summed E-state index contributed by atoms with van der Waals surface area (Å²) in [4.78, 5) is 17.1. The summed E-state index contributed by atoms with van der Waals surface area (Å²) in [6, 6.07) is 9.85. The fourth-order valence-corrected chi connectivity index (χ4v) is 5.10. The van der Waals surface area contributed by atoms with Crippen molar-refractivity contribution < 1.29 is 19.0 Å². The number of halogens is 1. The third kappa shape index (κ3) is 4.88. The Morgan fingerprint density at radius 2 is 2.03 bits per heavy atom. The average Bonchev–Trinajstić information content (AvgIpc) is 3.40. The van der Waals surface area contributed by atoms with Crippen molar-refractivity contribution in [1.29, 1.82) is 0 Å². The van der Waals surface area contributed by atoms with E-state index in [0.29, 0.717) is 5.65 Å². The molecule has 1 aliphatic heterocycles. The van der Waals surface area contributed by atoms with Crippen LogP contribution < -0.4 is 4.74 Å². The first kappa shape index (κ1) is 24.1. The molecule has 35 heavy (non-hydrogen) atoms. The zero-order valence-corrected chi connectivity index (χ0v) is 22.5. The van der Waals surface area contributed by atoms with Gasteiger partial charge < -0.3 is 14.2 Å². The summed E-state index contributed by atoms with van der Waals surface area (Å²) >= 11 is 2.27. The third-order valence-corrected chi connectivity index (χ3v) is 6.82. The van der Waals surface area contributed by atoms with Crippen molar-refractivity contribution in [2.45, 2.75) is 64.9 Å². The van der Waals surface area contributed by atoms with Crippen LogP contribution in [0.2, 0.25) is 0 Å². The van der Waals surface area contributed by atoms with Crippen LogP contribution in [0, 0.1) is 3.70 Å². The number of carbonyl (C=O) groups excluding carboxylic acids is 1. The van der Waals surface area contributed by atoms with Gasteiger partial charge in [-0.1, -0.05) is 0 Å². The zero-order chi connectivity index (χ0) is 24.7. The van der Waals surface area contributed by atoms with E-state index < -0.39 is 11.7 Å². The summed E-state index contributed by atoms with van der Waals surface area (Å²) in [5.41, 5.74) is 1.95. The molecule has 8 nitrogen and oxygen atoms in total. The topological polar surface area (TPSA) is 80.4 Å². The number of carbonyl (C=O) groups is 1. The lowest BCUT2D eigenvalue weighted by Crippen LogP contribution is -2.26. The summed E-state index contributed by atoms with van der Waals surface area (Å²) in [7, 11) is 0. The van der Waals surface area contributed by atoms with Gasteiger partial charge in [-0.05, 0) is 99.9 Å². The molecule has 4 heterocycles. The van der Waals surface area contributed by atoms with E-state index in [0.717, 1.165) is 57.2 Å². The van der Waals surface area contributed by atoms with Crippen molar-refractivity contribution in [2.24, 2.45) is 0 Å². The largest absolute Gasteiger partial charge is 0.486 e. The van der Waals surface area contributed by atoms with Gasteiger partial charge in [0.15, 0.2) is 6.23 Å². The Balaban J connectivity index is 1.41. The molecule has 2 unspecified atom stereocenters. The van der Waals surface area contributed by atoms with E-state index in [-0.39, 0.29) is 12.3 Å². The maximum absolute atomic E-state index is 12.6. The number of rotatable bonds is 4. The van der Waals surface area contributed by atoms with Crippen LogP contribution in [0.5, 0.6) is 5.75 Å². The molecule has 0 spiro atoms. The predicted molar refractivity (Wildman–Crippen MR) is 142 cm³/mol. The minimum Gasteiger partial charge on any atom is -0.486 e. The predicted octanol–water partition coefficient (Wildman–Crippen LogP) is 6.61. The van der Waals surface area contributed by atoms with Gasteiger partial charge in [-0.25, -0.2) is 19.0 Å². The van der Waals surface area contributed by atoms with Gasteiger partial charge in [0.2, 0.25) is 0 Å². The van der Waals surface area contributed by atoms with E-state index >= 15 is 0 Å². The molecule has 0 amide bonds. The first-order valence-electron chi connectivity index (χ1n) is 11.9. The average molecular weight is 588 g/mol. The Kier molecular flexibility index (Phi) is 6.47. The second-order valence-electron chi connectivity index (χ2n) is 9.80. The van der Waals surface area contributed by atoms with E-state index in [9.17, 15) is 4.79 Å². The van der Waals surface area contributed by atoms with Crippen molar-refractivity contribution in [3.63, 3.8) is 0 Å². The molecular weight excluding hydrogens is 559 g/mol. The molecule has 0 saturated carbocycles. The standard InChI is InChI=1S/C26H29IN4O4/c1-16(18-10-12-28-24-19(18)11-13-30(24)25(32)35-26(2,3)4)34-17-8-9-21-20(15-17)23(27)29-31(21)22-7-5-6-14-33-22/h8-13,15-16,22H,5-7,14H2,1-4H3. The lowest BCUT2D eigenvalue weighted by molar-refractivity contribution is -0.0368. The molecule has 5 rings (SSSR count). The number of ether oxygens (including phenoxy) is 3. The number of pyridine rings is 1. The number of nitrogens with zero attached hydrogens (tertiary/aromatic N) is 4. The smallest absolute Gasteiger partial charge is 0.420 e. The van der Waals surface area contributed by atoms with Crippen LogP contribution in [-0.4, -0.2) is 37.6 Å². The van der Waals surface area contributed by atoms with Gasteiger partial charge in [0.25, 0.3) is 0 Å². The number of hydrogen-bond donors (Lipinski definition) is 0. The second-order valence-corrected chi connectivity index (χ2v) is 10.8. The Hall–Kier alpha value is -2.66. The highest BCUT2D eigenvalue weighted by Gasteiger charge is 2.23. The van der Waals surface area contributed by atoms with E-state index in [1.165, 1.54) is 4.57 Å². The summed E-state index contributed by atoms with van der Waals surface area (Å²) in [6.45, 7) is 8.30. The molecule has 0 N–H and O–H groups in total. The highest BCUT2D eigenvalue weighted by Crippen LogP contribution is 2.33. The molecule has 1 aliphatic rings. The van der Waals surface area contributed by atoms with Crippen molar-refractivity contribution in [1.82, 2.24) is 19.3 Å². The first-order valence-corrected chi connectivity index (χ1v) is 12.9. The van der Waals surface area contributed by atoms with Crippen LogP contribution in [0.15, 0.2) is 42.7 Å². The Morgan fingerprint density at radius 3 is 2.77 bits per heavy atom. The fourth-order valence-electron chi connectivity index (χ4n) is 4.43. The lowest BCUT2D eigenvalue weighted by Gasteiger charge is -2.23. The Bertz CT molecular complexity index is 1380. The van der Waals surface area contributed by atoms with Gasteiger partial charge >= 0.3 is 6.09 Å². The van der Waals surface area contributed by atoms with Crippen molar-refractivity contribution >= 4 is 50.6 Å². The normalized spacial score (nSPS) is 17.6. The summed E-state index contributed by atoms with van der Waals surface area (Å²) in [5.74, 6) is 0.753. The molecule has 2 atom stereocenters. The molecule has 1 fully saturated rings. The van der Waals surface area contributed by atoms with E-state index in [2.05, 4.69) is 27.6 Å². The van der Waals surface area contributed by atoms with Gasteiger partial charge in [-0.2, -0.15) is 5.10 Å². The van der Waals surface area contributed by atoms with E-state index in [1.54, 1.807) is 12.4 Å². The summed E-state index contributed by atoms with van der Waals surface area (Å²) in [6.07, 6.45) is 5.88. The highest BCUT2D eigenvalue weighted by molar-refractivity contribution is 14.1. The van der Waals surface area contributed by atoms with Crippen LogP contribution in [0.25, 0.3) is 21.9 Å². The first-order chi connectivity index (χ1) is 16.7. The maximum Gasteiger partial charge on any atom is 0.420 e. The number of benzene rings is 1. The highest BCUT2D eigenvalue weighted by atomic mass is 127. The molecule has 0 radical (unpaired) electrons. The quantitative estimate of drug-likeness (QED) is 0.250. The van der Waals surface area contributed by atoms with Crippen LogP contribution in [0.4, 0.5) is 4.79 Å². The van der Waals surface area contributed by atoms with Gasteiger partial charge in [0, 0.05) is 35.3 Å². The molecule has 9 heteroatoms. The van der Waals surface area contributed by atoms with E-state index in [4.69, 9.17) is 19.3 Å². The van der Waals surface area contributed by atoms with Gasteiger partial charge in [-0.3, -0.25) is 0 Å². The second kappa shape index (κ2) is 9.42. The minimum atomic E-state index is -0.589. The molecule has 1 saturated heterocycles. The van der Waals surface area contributed by atoms with Crippen LogP contribution in [0.1, 0.15) is 64.9 Å². The molecule has 0 bridgehead atoms. The van der Waals surface area contributed by atoms with Gasteiger partial charge in [0.1, 0.15) is 26.8 Å². The molecule has 184 valence electrons. The number of hydrogen-bond acceptors (Lipinski definition) is 6. The molecule has 3 aromatic heterocycles. The van der Waals surface area contributed by atoms with Crippen LogP contribution in [-0.2, 0) is 9.47 Å². The minimum absolute atomic E-state index is 0.0143. The number of fused-ring (bicyclic) bond motifs is 2. The Morgan fingerprint density at radius 1 is 1.20 bits per heavy atom. The SMILES string of the molecule is CC(Oc1ccc2c(c1)c(I)nn2C1CCCCO1)c1ccnc2c1ccn2C(=O)OC(C)(C)C. The molecule has 0 aliphatic carbocycles. The molecule has 1 aromatic carbocycles. The van der Waals surface area contributed by atoms with Crippen molar-refractivity contribution in [2.75, 3.05) is 6.61 Å². The molecule has 4 aromatic rings. The Labute approximate surface area is 217 Å². The monoisotopic (exact) mass is 588 g/mol. The van der Waals surface area contributed by atoms with Crippen molar-refractivity contribution in [3.05, 3.63) is 52.0 Å². The summed E-state index contributed by atoms with van der Waals surface area (Å²) in [5, 5.41) is 6.64.